The van der Waals surface area contributed by atoms with Crippen LogP contribution in [-0.2, 0) is 4.79 Å². The zero-order chi connectivity index (χ0) is 22.9. The Kier molecular flexibility index (Phi) is 4.47. The van der Waals surface area contributed by atoms with Crippen molar-refractivity contribution in [2.75, 3.05) is 16.8 Å². The standard InChI is InChI=1S/C24H15Cl2FN4O2/c25-14-6-4-12(5-7-14)20-21(13-2-1-3-15(27)10-13)31-23(29-20)19-16(26)8-9-17-22(19)30(24(31)33)11-18(32)28-17/h1-10,20-21H,11H2,(H,28,32). The summed E-state index contributed by atoms with van der Waals surface area (Å²) < 4.78 is 14.2. The number of benzene rings is 3. The second kappa shape index (κ2) is 7.30. The highest BCUT2D eigenvalue weighted by molar-refractivity contribution is 6.38. The summed E-state index contributed by atoms with van der Waals surface area (Å²) in [5.41, 5.74) is 2.98. The topological polar surface area (TPSA) is 65.0 Å². The third-order valence-corrected chi connectivity index (χ3v) is 6.67. The fourth-order valence-electron chi connectivity index (χ4n) is 4.74. The first-order chi connectivity index (χ1) is 15.9. The smallest absolute Gasteiger partial charge is 0.323 e. The van der Waals surface area contributed by atoms with Gasteiger partial charge in [0.1, 0.15) is 24.2 Å². The van der Waals surface area contributed by atoms with Crippen molar-refractivity contribution >= 4 is 52.4 Å². The number of amides is 3. The maximum Gasteiger partial charge on any atom is 0.331 e. The molecule has 0 saturated heterocycles. The molecule has 0 fully saturated rings. The van der Waals surface area contributed by atoms with Crippen LogP contribution in [0.15, 0.2) is 65.7 Å². The largest absolute Gasteiger partial charge is 0.331 e. The number of urea groups is 1. The van der Waals surface area contributed by atoms with Gasteiger partial charge in [-0.1, -0.05) is 47.5 Å². The molecular formula is C24H15Cl2FN4O2. The van der Waals surface area contributed by atoms with Gasteiger partial charge in [-0.2, -0.15) is 0 Å². The number of aliphatic imine (C=N–C) groups is 1. The van der Waals surface area contributed by atoms with Crippen molar-refractivity contribution in [3.8, 4) is 0 Å². The first-order valence-electron chi connectivity index (χ1n) is 10.2. The molecule has 3 amide bonds. The van der Waals surface area contributed by atoms with E-state index in [0.29, 0.717) is 38.4 Å². The lowest BCUT2D eigenvalue weighted by Gasteiger charge is -2.41. The number of halogens is 3. The second-order valence-corrected chi connectivity index (χ2v) is 8.90. The first kappa shape index (κ1) is 20.2. The number of amidine groups is 1. The highest BCUT2D eigenvalue weighted by Crippen LogP contribution is 2.50. The van der Waals surface area contributed by atoms with Gasteiger partial charge >= 0.3 is 6.03 Å². The minimum absolute atomic E-state index is 0.148. The summed E-state index contributed by atoms with van der Waals surface area (Å²) in [6, 6.07) is 15.1. The molecule has 0 radical (unpaired) electrons. The molecule has 0 saturated carbocycles. The van der Waals surface area contributed by atoms with Crippen LogP contribution >= 0.6 is 23.2 Å². The van der Waals surface area contributed by atoms with Crippen LogP contribution in [0.4, 0.5) is 20.6 Å². The van der Waals surface area contributed by atoms with Gasteiger partial charge in [0.15, 0.2) is 0 Å². The van der Waals surface area contributed by atoms with Crippen molar-refractivity contribution in [1.29, 1.82) is 0 Å². The summed E-state index contributed by atoms with van der Waals surface area (Å²) >= 11 is 12.7. The molecule has 0 aromatic heterocycles. The van der Waals surface area contributed by atoms with Crippen LogP contribution in [0, 0.1) is 5.82 Å². The maximum atomic E-state index is 14.2. The van der Waals surface area contributed by atoms with Crippen LogP contribution in [0.2, 0.25) is 10.0 Å². The van der Waals surface area contributed by atoms with E-state index in [9.17, 15) is 14.0 Å². The summed E-state index contributed by atoms with van der Waals surface area (Å²) in [7, 11) is 0. The van der Waals surface area contributed by atoms with Crippen LogP contribution < -0.4 is 10.2 Å². The fraction of sp³-hybridized carbons (Fsp3) is 0.125. The molecule has 3 aromatic carbocycles. The Labute approximate surface area is 198 Å². The molecule has 3 heterocycles. The molecule has 33 heavy (non-hydrogen) atoms. The van der Waals surface area contributed by atoms with Crippen molar-refractivity contribution in [1.82, 2.24) is 4.90 Å². The van der Waals surface area contributed by atoms with E-state index in [1.807, 2.05) is 12.1 Å². The maximum absolute atomic E-state index is 14.2. The van der Waals surface area contributed by atoms with Gasteiger partial charge in [-0.3, -0.25) is 19.6 Å². The number of nitrogens with one attached hydrogen (secondary N) is 1. The predicted molar refractivity (Wildman–Crippen MR) is 125 cm³/mol. The summed E-state index contributed by atoms with van der Waals surface area (Å²) in [6.45, 7) is -0.148. The summed E-state index contributed by atoms with van der Waals surface area (Å²) in [5, 5.41) is 3.77. The molecule has 3 aliphatic heterocycles. The van der Waals surface area contributed by atoms with Gasteiger partial charge in [0.2, 0.25) is 5.91 Å². The van der Waals surface area contributed by atoms with Crippen molar-refractivity contribution in [2.24, 2.45) is 4.99 Å². The minimum Gasteiger partial charge on any atom is -0.323 e. The van der Waals surface area contributed by atoms with Crippen molar-refractivity contribution < 1.29 is 14.0 Å². The Morgan fingerprint density at radius 2 is 1.79 bits per heavy atom. The molecule has 2 atom stereocenters. The third kappa shape index (κ3) is 3.03. The number of nitrogens with zero attached hydrogens (tertiary/aromatic N) is 3. The number of hydrogen-bond acceptors (Lipinski definition) is 3. The van der Waals surface area contributed by atoms with Crippen LogP contribution in [0.5, 0.6) is 0 Å². The normalized spacial score (nSPS) is 20.9. The summed E-state index contributed by atoms with van der Waals surface area (Å²) in [4.78, 5) is 34.0. The lowest BCUT2D eigenvalue weighted by molar-refractivity contribution is -0.115. The van der Waals surface area contributed by atoms with Crippen molar-refractivity contribution in [3.63, 3.8) is 0 Å². The molecule has 2 unspecified atom stereocenters. The Hall–Kier alpha value is -3.42. The van der Waals surface area contributed by atoms with Crippen LogP contribution in [0.25, 0.3) is 0 Å². The number of rotatable bonds is 2. The lowest BCUT2D eigenvalue weighted by atomic mass is 9.93. The molecule has 6 rings (SSSR count). The molecule has 9 heteroatoms. The molecule has 0 spiro atoms. The predicted octanol–water partition coefficient (Wildman–Crippen LogP) is 5.57. The van der Waals surface area contributed by atoms with Gasteiger partial charge in [0.25, 0.3) is 0 Å². The van der Waals surface area contributed by atoms with E-state index in [-0.39, 0.29) is 12.5 Å². The summed E-state index contributed by atoms with van der Waals surface area (Å²) in [6.07, 6.45) is 0. The molecule has 164 valence electrons. The highest BCUT2D eigenvalue weighted by atomic mass is 35.5. The van der Waals surface area contributed by atoms with Gasteiger partial charge in [-0.05, 0) is 47.5 Å². The van der Waals surface area contributed by atoms with E-state index in [1.54, 1.807) is 36.4 Å². The molecule has 6 nitrogen and oxygen atoms in total. The lowest BCUT2D eigenvalue weighted by Crippen LogP contribution is -2.55. The zero-order valence-electron chi connectivity index (χ0n) is 16.9. The van der Waals surface area contributed by atoms with E-state index in [2.05, 4.69) is 5.32 Å². The van der Waals surface area contributed by atoms with E-state index >= 15 is 0 Å². The van der Waals surface area contributed by atoms with Crippen LogP contribution in [0.3, 0.4) is 0 Å². The van der Waals surface area contributed by atoms with Gasteiger partial charge in [-0.25, -0.2) is 9.18 Å². The van der Waals surface area contributed by atoms with Gasteiger partial charge < -0.3 is 5.32 Å². The number of fused-ring (bicyclic) bond motifs is 2. The summed E-state index contributed by atoms with van der Waals surface area (Å²) in [5.74, 6) is -0.331. The Morgan fingerprint density at radius 1 is 1.00 bits per heavy atom. The van der Waals surface area contributed by atoms with E-state index in [0.717, 1.165) is 5.56 Å². The second-order valence-electron chi connectivity index (χ2n) is 8.05. The zero-order valence-corrected chi connectivity index (χ0v) is 18.4. The van der Waals surface area contributed by atoms with Gasteiger partial charge in [0, 0.05) is 5.02 Å². The van der Waals surface area contributed by atoms with Crippen molar-refractivity contribution in [3.05, 3.63) is 93.2 Å². The molecule has 3 aliphatic rings. The van der Waals surface area contributed by atoms with Gasteiger partial charge in [-0.15, -0.1) is 0 Å². The van der Waals surface area contributed by atoms with E-state index in [4.69, 9.17) is 28.2 Å². The van der Waals surface area contributed by atoms with Crippen LogP contribution in [0.1, 0.15) is 28.8 Å². The number of anilines is 2. The quantitative estimate of drug-likeness (QED) is 0.520. The Balaban J connectivity index is 1.60. The molecule has 3 aromatic rings. The van der Waals surface area contributed by atoms with E-state index in [1.165, 1.54) is 21.9 Å². The van der Waals surface area contributed by atoms with Gasteiger partial charge in [0.05, 0.1) is 28.0 Å². The Bertz CT molecular complexity index is 1380. The number of carbonyl (C=O) groups is 2. The average molecular weight is 481 g/mol. The molecule has 0 bridgehead atoms. The average Bonchev–Trinajstić information content (AvgIpc) is 3.19. The minimum atomic E-state index is -0.637. The Morgan fingerprint density at radius 3 is 2.55 bits per heavy atom. The van der Waals surface area contributed by atoms with Crippen LogP contribution in [-0.4, -0.2) is 29.2 Å². The number of hydrogen-bond donors (Lipinski definition) is 1. The first-order valence-corrected chi connectivity index (χ1v) is 11.0. The molecule has 0 aliphatic carbocycles. The molecule has 1 N–H and O–H groups in total. The van der Waals surface area contributed by atoms with Crippen molar-refractivity contribution in [2.45, 2.75) is 12.1 Å². The molecular weight excluding hydrogens is 466 g/mol. The third-order valence-electron chi connectivity index (χ3n) is 6.10. The number of carbonyl (C=O) groups excluding carboxylic acids is 2. The SMILES string of the molecule is O=C1CN2C(=O)N3C(=NC(c4ccc(Cl)cc4)C3c3cccc(F)c3)c3c(Cl)ccc(c32)N1. The monoisotopic (exact) mass is 480 g/mol. The van der Waals surface area contributed by atoms with E-state index < -0.39 is 23.9 Å². The highest BCUT2D eigenvalue weighted by Gasteiger charge is 2.50. The fourth-order valence-corrected chi connectivity index (χ4v) is 5.10.